The van der Waals surface area contributed by atoms with Crippen molar-refractivity contribution in [2.24, 2.45) is 12.8 Å². The van der Waals surface area contributed by atoms with E-state index in [0.29, 0.717) is 11.5 Å². The molecule has 114 valence electrons. The number of ether oxygens (including phenoxy) is 2. The summed E-state index contributed by atoms with van der Waals surface area (Å²) in [4.78, 5) is 0. The van der Waals surface area contributed by atoms with Gasteiger partial charge in [0.25, 0.3) is 0 Å². The van der Waals surface area contributed by atoms with Crippen molar-refractivity contribution in [1.82, 2.24) is 9.78 Å². The van der Waals surface area contributed by atoms with Gasteiger partial charge >= 0.3 is 0 Å². The topological polar surface area (TPSA) is 62.3 Å². The molecule has 0 saturated heterocycles. The fraction of sp³-hybridized carbons (Fsp3) is 0.400. The van der Waals surface area contributed by atoms with Crippen LogP contribution in [0.3, 0.4) is 0 Å². The van der Waals surface area contributed by atoms with Crippen LogP contribution >= 0.6 is 15.9 Å². The van der Waals surface area contributed by atoms with E-state index in [1.807, 2.05) is 37.7 Å². The van der Waals surface area contributed by atoms with Crippen molar-refractivity contribution in [2.75, 3.05) is 14.2 Å². The molecule has 0 spiro atoms. The Bertz CT molecular complexity index is 667. The SMILES string of the molecule is COc1ccc(C(N)c2c(C)nn(C)c2C)c(OC)c1Br. The quantitative estimate of drug-likeness (QED) is 0.917. The molecule has 6 heteroatoms. The maximum absolute atomic E-state index is 6.47. The van der Waals surface area contributed by atoms with Gasteiger partial charge in [-0.1, -0.05) is 0 Å². The third-order valence-corrected chi connectivity index (χ3v) is 4.48. The number of halogens is 1. The smallest absolute Gasteiger partial charge is 0.141 e. The molecule has 2 N–H and O–H groups in total. The van der Waals surface area contributed by atoms with Crippen LogP contribution in [0.25, 0.3) is 0 Å². The Hall–Kier alpha value is -1.53. The van der Waals surface area contributed by atoms with Crippen LogP contribution in [-0.4, -0.2) is 24.0 Å². The van der Waals surface area contributed by atoms with Gasteiger partial charge in [-0.3, -0.25) is 4.68 Å². The van der Waals surface area contributed by atoms with Crippen molar-refractivity contribution < 1.29 is 9.47 Å². The van der Waals surface area contributed by atoms with Crippen molar-refractivity contribution in [3.8, 4) is 11.5 Å². The second-order valence-electron chi connectivity index (χ2n) is 4.89. The van der Waals surface area contributed by atoms with E-state index < -0.39 is 0 Å². The molecule has 1 heterocycles. The third kappa shape index (κ3) is 2.65. The van der Waals surface area contributed by atoms with E-state index in [1.165, 1.54) is 0 Å². The molecule has 1 unspecified atom stereocenters. The molecular formula is C15H20BrN3O2. The lowest BCUT2D eigenvalue weighted by Gasteiger charge is -2.19. The monoisotopic (exact) mass is 353 g/mol. The fourth-order valence-electron chi connectivity index (χ4n) is 2.56. The van der Waals surface area contributed by atoms with Crippen LogP contribution in [0.1, 0.15) is 28.6 Å². The van der Waals surface area contributed by atoms with Crippen molar-refractivity contribution in [1.29, 1.82) is 0 Å². The Labute approximate surface area is 133 Å². The molecule has 0 amide bonds. The van der Waals surface area contributed by atoms with Crippen LogP contribution in [0.15, 0.2) is 16.6 Å². The van der Waals surface area contributed by atoms with Crippen molar-refractivity contribution in [3.63, 3.8) is 0 Å². The second kappa shape index (κ2) is 6.07. The molecular weight excluding hydrogens is 334 g/mol. The van der Waals surface area contributed by atoms with Crippen LogP contribution in [0.5, 0.6) is 11.5 Å². The average molecular weight is 354 g/mol. The number of nitrogens with two attached hydrogens (primary N) is 1. The predicted molar refractivity (Wildman–Crippen MR) is 86.0 cm³/mol. The van der Waals surface area contributed by atoms with Crippen molar-refractivity contribution in [3.05, 3.63) is 39.1 Å². The zero-order valence-corrected chi connectivity index (χ0v) is 14.5. The van der Waals surface area contributed by atoms with E-state index in [-0.39, 0.29) is 6.04 Å². The summed E-state index contributed by atoms with van der Waals surface area (Å²) in [7, 11) is 5.16. The van der Waals surface area contributed by atoms with E-state index in [1.54, 1.807) is 14.2 Å². The number of hydrogen-bond acceptors (Lipinski definition) is 4. The molecule has 1 aromatic heterocycles. The minimum absolute atomic E-state index is 0.309. The normalized spacial score (nSPS) is 12.3. The summed E-state index contributed by atoms with van der Waals surface area (Å²) in [5.41, 5.74) is 10.4. The molecule has 0 aliphatic heterocycles. The number of hydrogen-bond donors (Lipinski definition) is 1. The third-order valence-electron chi connectivity index (χ3n) is 3.73. The minimum Gasteiger partial charge on any atom is -0.495 e. The molecule has 0 bridgehead atoms. The number of rotatable bonds is 4. The molecule has 5 nitrogen and oxygen atoms in total. The molecule has 0 radical (unpaired) electrons. The molecule has 1 atom stereocenters. The summed E-state index contributed by atoms with van der Waals surface area (Å²) in [6.07, 6.45) is 0. The highest BCUT2D eigenvalue weighted by molar-refractivity contribution is 9.10. The Kier molecular flexibility index (Phi) is 4.58. The lowest BCUT2D eigenvalue weighted by molar-refractivity contribution is 0.385. The number of benzene rings is 1. The fourth-order valence-corrected chi connectivity index (χ4v) is 3.24. The Balaban J connectivity index is 2.58. The first-order chi connectivity index (χ1) is 9.92. The minimum atomic E-state index is -0.309. The van der Waals surface area contributed by atoms with Crippen molar-refractivity contribution in [2.45, 2.75) is 19.9 Å². The van der Waals surface area contributed by atoms with Gasteiger partial charge in [0.05, 0.1) is 26.0 Å². The van der Waals surface area contributed by atoms with E-state index in [9.17, 15) is 0 Å². The Morgan fingerprint density at radius 2 is 1.90 bits per heavy atom. The van der Waals surface area contributed by atoms with Crippen LogP contribution in [0.2, 0.25) is 0 Å². The maximum Gasteiger partial charge on any atom is 0.141 e. The Morgan fingerprint density at radius 1 is 1.24 bits per heavy atom. The van der Waals surface area contributed by atoms with Crippen LogP contribution in [-0.2, 0) is 7.05 Å². The molecule has 2 rings (SSSR count). The highest BCUT2D eigenvalue weighted by Crippen LogP contribution is 2.41. The van der Waals surface area contributed by atoms with E-state index >= 15 is 0 Å². The van der Waals surface area contributed by atoms with Gasteiger partial charge in [0.2, 0.25) is 0 Å². The van der Waals surface area contributed by atoms with Gasteiger partial charge in [-0.05, 0) is 41.9 Å². The van der Waals surface area contributed by atoms with Gasteiger partial charge in [0, 0.05) is 23.9 Å². The lowest BCUT2D eigenvalue weighted by Crippen LogP contribution is -2.15. The standard InChI is InChI=1S/C15H20BrN3O2/c1-8-12(9(2)19(3)18-8)14(17)10-6-7-11(20-4)13(16)15(10)21-5/h6-7,14H,17H2,1-5H3. The highest BCUT2D eigenvalue weighted by Gasteiger charge is 2.23. The molecule has 2 aromatic rings. The van der Waals surface area contributed by atoms with Gasteiger partial charge in [0.15, 0.2) is 0 Å². The number of methoxy groups -OCH3 is 2. The Morgan fingerprint density at radius 3 is 2.38 bits per heavy atom. The summed E-state index contributed by atoms with van der Waals surface area (Å²) in [5.74, 6) is 1.40. The van der Waals surface area contributed by atoms with E-state index in [2.05, 4.69) is 21.0 Å². The molecule has 0 aliphatic carbocycles. The van der Waals surface area contributed by atoms with Gasteiger partial charge < -0.3 is 15.2 Å². The van der Waals surface area contributed by atoms with E-state index in [4.69, 9.17) is 15.2 Å². The number of nitrogens with zero attached hydrogens (tertiary/aromatic N) is 2. The number of aromatic nitrogens is 2. The number of aryl methyl sites for hydroxylation is 2. The average Bonchev–Trinajstić information content (AvgIpc) is 2.71. The predicted octanol–water partition coefficient (Wildman–Crippen LogP) is 2.86. The second-order valence-corrected chi connectivity index (χ2v) is 5.68. The lowest BCUT2D eigenvalue weighted by atomic mass is 9.97. The molecule has 21 heavy (non-hydrogen) atoms. The first kappa shape index (κ1) is 15.9. The van der Waals surface area contributed by atoms with Crippen LogP contribution < -0.4 is 15.2 Å². The van der Waals surface area contributed by atoms with Gasteiger partial charge in [-0.2, -0.15) is 5.10 Å². The molecule has 0 aliphatic rings. The first-order valence-electron chi connectivity index (χ1n) is 6.58. The van der Waals surface area contributed by atoms with Crippen LogP contribution in [0, 0.1) is 13.8 Å². The largest absolute Gasteiger partial charge is 0.495 e. The summed E-state index contributed by atoms with van der Waals surface area (Å²) in [6, 6.07) is 3.50. The van der Waals surface area contributed by atoms with E-state index in [0.717, 1.165) is 27.0 Å². The zero-order chi connectivity index (χ0) is 15.7. The highest BCUT2D eigenvalue weighted by atomic mass is 79.9. The van der Waals surface area contributed by atoms with Gasteiger partial charge in [-0.15, -0.1) is 0 Å². The summed E-state index contributed by atoms with van der Waals surface area (Å²) < 4.78 is 13.4. The zero-order valence-electron chi connectivity index (χ0n) is 12.9. The molecule has 0 saturated carbocycles. The first-order valence-corrected chi connectivity index (χ1v) is 7.37. The molecule has 1 aromatic carbocycles. The maximum atomic E-state index is 6.47. The van der Waals surface area contributed by atoms with Gasteiger partial charge in [0.1, 0.15) is 16.0 Å². The summed E-state index contributed by atoms with van der Waals surface area (Å²) in [6.45, 7) is 3.98. The summed E-state index contributed by atoms with van der Waals surface area (Å²) in [5, 5.41) is 4.43. The summed E-state index contributed by atoms with van der Waals surface area (Å²) >= 11 is 3.51. The molecule has 0 fully saturated rings. The van der Waals surface area contributed by atoms with Gasteiger partial charge in [-0.25, -0.2) is 0 Å². The van der Waals surface area contributed by atoms with Crippen LogP contribution in [0.4, 0.5) is 0 Å². The van der Waals surface area contributed by atoms with Crippen molar-refractivity contribution >= 4 is 15.9 Å².